The number of carbonyl (C=O) groups excluding carboxylic acids is 1. The SMILES string of the molecule is CCCN(Cc1ccc(C(=O)NCc2cccc(CN)c2)cc1)c1nc(-c2cc(OC)ccc2OC)cs1. The normalized spacial score (nSPS) is 10.7. The number of anilines is 1. The van der Waals surface area contributed by atoms with Crippen LogP contribution in [0.15, 0.2) is 72.1 Å². The molecule has 0 fully saturated rings. The van der Waals surface area contributed by atoms with Gasteiger partial charge in [0.1, 0.15) is 11.5 Å². The van der Waals surface area contributed by atoms with Crippen LogP contribution in [0.4, 0.5) is 5.13 Å². The second-order valence-electron chi connectivity index (χ2n) is 8.91. The van der Waals surface area contributed by atoms with Gasteiger partial charge in [0.05, 0.1) is 19.9 Å². The number of amides is 1. The van der Waals surface area contributed by atoms with E-state index in [1.807, 2.05) is 72.1 Å². The zero-order valence-corrected chi connectivity index (χ0v) is 22.9. The lowest BCUT2D eigenvalue weighted by Gasteiger charge is -2.21. The Morgan fingerprint density at radius 1 is 1.00 bits per heavy atom. The van der Waals surface area contributed by atoms with Crippen molar-refractivity contribution in [3.63, 3.8) is 0 Å². The van der Waals surface area contributed by atoms with Gasteiger partial charge in [-0.15, -0.1) is 11.3 Å². The molecule has 38 heavy (non-hydrogen) atoms. The zero-order valence-electron chi connectivity index (χ0n) is 22.1. The van der Waals surface area contributed by atoms with Gasteiger partial charge in [-0.05, 0) is 53.4 Å². The zero-order chi connectivity index (χ0) is 26.9. The number of nitrogens with two attached hydrogens (primary N) is 1. The molecule has 0 spiro atoms. The second-order valence-corrected chi connectivity index (χ2v) is 9.74. The maximum absolute atomic E-state index is 12.7. The third kappa shape index (κ3) is 6.70. The van der Waals surface area contributed by atoms with E-state index in [0.29, 0.717) is 25.2 Å². The number of nitrogens with zero attached hydrogens (tertiary/aromatic N) is 2. The van der Waals surface area contributed by atoms with Crippen LogP contribution in [-0.4, -0.2) is 31.7 Å². The molecule has 0 aliphatic rings. The van der Waals surface area contributed by atoms with Crippen LogP contribution in [0.1, 0.15) is 40.4 Å². The van der Waals surface area contributed by atoms with Gasteiger partial charge >= 0.3 is 0 Å². The summed E-state index contributed by atoms with van der Waals surface area (Å²) in [6.07, 6.45) is 0.989. The van der Waals surface area contributed by atoms with Crippen molar-refractivity contribution >= 4 is 22.4 Å². The van der Waals surface area contributed by atoms with E-state index < -0.39 is 0 Å². The van der Waals surface area contributed by atoms with E-state index in [9.17, 15) is 4.79 Å². The lowest BCUT2D eigenvalue weighted by atomic mass is 10.1. The van der Waals surface area contributed by atoms with E-state index in [4.69, 9.17) is 20.2 Å². The minimum Gasteiger partial charge on any atom is -0.497 e. The number of methoxy groups -OCH3 is 2. The van der Waals surface area contributed by atoms with Crippen LogP contribution in [0.3, 0.4) is 0 Å². The molecule has 1 aromatic heterocycles. The van der Waals surface area contributed by atoms with Crippen molar-refractivity contribution in [1.82, 2.24) is 10.3 Å². The first kappa shape index (κ1) is 27.2. The molecule has 0 radical (unpaired) electrons. The minimum atomic E-state index is -0.100. The lowest BCUT2D eigenvalue weighted by molar-refractivity contribution is 0.0951. The Kier molecular flexibility index (Phi) is 9.35. The molecule has 198 valence electrons. The maximum atomic E-state index is 12.7. The molecule has 8 heteroatoms. The van der Waals surface area contributed by atoms with Gasteiger partial charge in [-0.2, -0.15) is 0 Å². The number of benzene rings is 3. The molecule has 3 N–H and O–H groups in total. The fourth-order valence-electron chi connectivity index (χ4n) is 4.19. The molecule has 0 bridgehead atoms. The number of thiazole rings is 1. The van der Waals surface area contributed by atoms with E-state index in [-0.39, 0.29) is 5.91 Å². The van der Waals surface area contributed by atoms with Crippen LogP contribution in [-0.2, 0) is 19.6 Å². The number of hydrogen-bond donors (Lipinski definition) is 2. The Hall–Kier alpha value is -3.88. The quantitative estimate of drug-likeness (QED) is 0.247. The average molecular weight is 531 g/mol. The van der Waals surface area contributed by atoms with Gasteiger partial charge in [-0.3, -0.25) is 4.79 Å². The van der Waals surface area contributed by atoms with Gasteiger partial charge in [0.15, 0.2) is 5.13 Å². The Labute approximate surface area is 228 Å². The number of nitrogens with one attached hydrogen (secondary N) is 1. The van der Waals surface area contributed by atoms with Gasteiger partial charge in [0, 0.05) is 42.7 Å². The third-order valence-corrected chi connectivity index (χ3v) is 7.11. The summed E-state index contributed by atoms with van der Waals surface area (Å²) in [5.74, 6) is 1.41. The number of ether oxygens (including phenoxy) is 2. The second kappa shape index (κ2) is 13.1. The molecular weight excluding hydrogens is 496 g/mol. The van der Waals surface area contributed by atoms with Crippen molar-refractivity contribution < 1.29 is 14.3 Å². The first-order valence-electron chi connectivity index (χ1n) is 12.6. The largest absolute Gasteiger partial charge is 0.497 e. The minimum absolute atomic E-state index is 0.100. The number of hydrogen-bond acceptors (Lipinski definition) is 7. The summed E-state index contributed by atoms with van der Waals surface area (Å²) in [5, 5.41) is 5.98. The standard InChI is InChI=1S/C30H34N4O3S/c1-4-14-34(30-33-27(20-38-30)26-16-25(36-2)12-13-28(26)37-3)19-21-8-10-24(11-9-21)29(35)32-18-23-7-5-6-22(15-23)17-31/h5-13,15-16,20H,4,14,17-19,31H2,1-3H3,(H,32,35). The Bertz CT molecular complexity index is 1350. The molecule has 1 heterocycles. The summed E-state index contributed by atoms with van der Waals surface area (Å²) in [7, 11) is 3.31. The first-order chi connectivity index (χ1) is 18.5. The summed E-state index contributed by atoms with van der Waals surface area (Å²) in [4.78, 5) is 19.9. The van der Waals surface area contributed by atoms with E-state index in [2.05, 4.69) is 17.1 Å². The lowest BCUT2D eigenvalue weighted by Crippen LogP contribution is -2.24. The smallest absolute Gasteiger partial charge is 0.251 e. The highest BCUT2D eigenvalue weighted by molar-refractivity contribution is 7.14. The number of carbonyl (C=O) groups is 1. The van der Waals surface area contributed by atoms with Gasteiger partial charge in [-0.1, -0.05) is 43.3 Å². The Morgan fingerprint density at radius 2 is 1.79 bits per heavy atom. The molecule has 0 aliphatic heterocycles. The molecule has 1 amide bonds. The van der Waals surface area contributed by atoms with Crippen LogP contribution >= 0.6 is 11.3 Å². The van der Waals surface area contributed by atoms with Crippen LogP contribution in [0.25, 0.3) is 11.3 Å². The Morgan fingerprint density at radius 3 is 2.50 bits per heavy atom. The van der Waals surface area contributed by atoms with Gasteiger partial charge in [-0.25, -0.2) is 4.98 Å². The summed E-state index contributed by atoms with van der Waals surface area (Å²) >= 11 is 1.61. The molecular formula is C30H34N4O3S. The van der Waals surface area contributed by atoms with Gasteiger partial charge < -0.3 is 25.4 Å². The molecule has 4 aromatic rings. The summed E-state index contributed by atoms with van der Waals surface area (Å²) in [6.45, 7) is 4.67. The highest BCUT2D eigenvalue weighted by Gasteiger charge is 2.16. The fourth-order valence-corrected chi connectivity index (χ4v) is 5.05. The van der Waals surface area contributed by atoms with Crippen LogP contribution in [0, 0.1) is 0 Å². The van der Waals surface area contributed by atoms with Gasteiger partial charge in [0.25, 0.3) is 5.91 Å². The maximum Gasteiger partial charge on any atom is 0.251 e. The molecule has 4 rings (SSSR count). The summed E-state index contributed by atoms with van der Waals surface area (Å²) < 4.78 is 11.0. The van der Waals surface area contributed by atoms with Crippen molar-refractivity contribution in [2.24, 2.45) is 5.73 Å². The molecule has 3 aromatic carbocycles. The van der Waals surface area contributed by atoms with Crippen molar-refractivity contribution in [2.75, 3.05) is 25.7 Å². The van der Waals surface area contributed by atoms with Crippen LogP contribution in [0.2, 0.25) is 0 Å². The number of aromatic nitrogens is 1. The predicted molar refractivity (Wildman–Crippen MR) is 154 cm³/mol. The van der Waals surface area contributed by atoms with Crippen molar-refractivity contribution in [1.29, 1.82) is 0 Å². The first-order valence-corrected chi connectivity index (χ1v) is 13.5. The topological polar surface area (TPSA) is 89.7 Å². The summed E-state index contributed by atoms with van der Waals surface area (Å²) in [6, 6.07) is 21.4. The van der Waals surface area contributed by atoms with Crippen LogP contribution < -0.4 is 25.4 Å². The van der Waals surface area contributed by atoms with E-state index in [1.54, 1.807) is 25.6 Å². The molecule has 0 saturated carbocycles. The third-order valence-electron chi connectivity index (χ3n) is 6.21. The van der Waals surface area contributed by atoms with E-state index >= 15 is 0 Å². The van der Waals surface area contributed by atoms with E-state index in [1.165, 1.54) is 0 Å². The highest BCUT2D eigenvalue weighted by Crippen LogP contribution is 2.36. The van der Waals surface area contributed by atoms with Crippen molar-refractivity contribution in [2.45, 2.75) is 33.0 Å². The van der Waals surface area contributed by atoms with Crippen LogP contribution in [0.5, 0.6) is 11.5 Å². The van der Waals surface area contributed by atoms with Crippen molar-refractivity contribution in [3.05, 3.63) is 94.4 Å². The monoisotopic (exact) mass is 530 g/mol. The molecule has 0 atom stereocenters. The molecule has 7 nitrogen and oxygen atoms in total. The van der Waals surface area contributed by atoms with Crippen molar-refractivity contribution in [3.8, 4) is 22.8 Å². The molecule has 0 unspecified atom stereocenters. The van der Waals surface area contributed by atoms with Gasteiger partial charge in [0.2, 0.25) is 0 Å². The Balaban J connectivity index is 1.43. The fraction of sp³-hybridized carbons (Fsp3) is 0.267. The summed E-state index contributed by atoms with van der Waals surface area (Å²) in [5.41, 5.74) is 11.3. The van der Waals surface area contributed by atoms with E-state index in [0.717, 1.165) is 57.5 Å². The number of rotatable bonds is 12. The predicted octanol–water partition coefficient (Wildman–Crippen LogP) is 5.63. The average Bonchev–Trinajstić information content (AvgIpc) is 3.46. The molecule has 0 saturated heterocycles. The molecule has 0 aliphatic carbocycles. The highest BCUT2D eigenvalue weighted by atomic mass is 32.1.